The molecule has 0 spiro atoms. The molecule has 16 heteroatoms. The Hall–Kier alpha value is -0.640. The molecule has 0 aromatic carbocycles. The van der Waals surface area contributed by atoms with Crippen molar-refractivity contribution in [2.75, 3.05) is 33.0 Å². The highest BCUT2D eigenvalue weighted by molar-refractivity contribution is 5.00. The van der Waals surface area contributed by atoms with Gasteiger partial charge in [0.1, 0.15) is 74.3 Å². The van der Waals surface area contributed by atoms with E-state index in [0.717, 1.165) is 0 Å². The number of hydrogen-bond acceptors (Lipinski definition) is 16. The lowest BCUT2D eigenvalue weighted by Crippen LogP contribution is -2.62. The van der Waals surface area contributed by atoms with Gasteiger partial charge in [0.05, 0.1) is 19.8 Å². The zero-order chi connectivity index (χ0) is 25.4. The smallest absolute Gasteiger partial charge is 0.224 e. The van der Waals surface area contributed by atoms with Crippen molar-refractivity contribution in [1.82, 2.24) is 0 Å². The van der Waals surface area contributed by atoms with E-state index in [4.69, 9.17) is 23.7 Å². The Morgan fingerprint density at radius 2 is 1.12 bits per heavy atom. The number of rotatable bonds is 9. The van der Waals surface area contributed by atoms with Gasteiger partial charge in [-0.2, -0.15) is 0 Å². The molecule has 0 aliphatic carbocycles. The molecule has 200 valence electrons. The van der Waals surface area contributed by atoms with E-state index in [2.05, 4.69) is 0 Å². The van der Waals surface area contributed by atoms with E-state index in [0.29, 0.717) is 0 Å². The number of ether oxygens (including phenoxy) is 5. The van der Waals surface area contributed by atoms with Gasteiger partial charge in [-0.05, 0) is 0 Å². The van der Waals surface area contributed by atoms with Gasteiger partial charge in [0.25, 0.3) is 0 Å². The van der Waals surface area contributed by atoms with Crippen molar-refractivity contribution >= 4 is 0 Å². The molecule has 34 heavy (non-hydrogen) atoms. The minimum Gasteiger partial charge on any atom is -0.394 e. The second-order valence-electron chi connectivity index (χ2n) is 8.43. The molecular weight excluding hydrogens is 472 g/mol. The molecule has 0 saturated carbocycles. The molecule has 3 fully saturated rings. The van der Waals surface area contributed by atoms with E-state index in [1.165, 1.54) is 0 Å². The predicted octanol–water partition coefficient (Wildman–Crippen LogP) is -7.57. The van der Waals surface area contributed by atoms with E-state index in [1.807, 2.05) is 0 Å². The lowest BCUT2D eigenvalue weighted by atomic mass is 9.99. The normalized spacial score (nSPS) is 51.8. The third-order valence-corrected chi connectivity index (χ3v) is 6.29. The lowest BCUT2D eigenvalue weighted by Gasteiger charge is -2.43. The summed E-state index contributed by atoms with van der Waals surface area (Å²) in [6.45, 7) is -4.25. The largest absolute Gasteiger partial charge is 0.394 e. The van der Waals surface area contributed by atoms with Gasteiger partial charge < -0.3 is 79.9 Å². The predicted molar refractivity (Wildman–Crippen MR) is 101 cm³/mol. The maximum atomic E-state index is 10.5. The quantitative estimate of drug-likeness (QED) is 0.139. The molecule has 3 aliphatic rings. The fraction of sp³-hybridized carbons (Fsp3) is 1.00. The molecule has 0 aromatic rings. The third kappa shape index (κ3) is 4.71. The molecule has 0 radical (unpaired) electrons. The topological polar surface area (TPSA) is 269 Å². The Kier molecular flexibility index (Phi) is 8.85. The summed E-state index contributed by atoms with van der Waals surface area (Å²) >= 11 is 0. The highest BCUT2D eigenvalue weighted by Gasteiger charge is 2.60. The van der Waals surface area contributed by atoms with E-state index in [1.54, 1.807) is 0 Å². The highest BCUT2D eigenvalue weighted by Crippen LogP contribution is 2.38. The second-order valence-corrected chi connectivity index (χ2v) is 8.43. The van der Waals surface area contributed by atoms with Crippen LogP contribution in [-0.2, 0) is 23.7 Å². The fourth-order valence-electron chi connectivity index (χ4n) is 4.14. The molecule has 16 nitrogen and oxygen atoms in total. The first-order valence-corrected chi connectivity index (χ1v) is 10.5. The van der Waals surface area contributed by atoms with E-state index < -0.39 is 112 Å². The second kappa shape index (κ2) is 10.8. The van der Waals surface area contributed by atoms with Crippen LogP contribution in [0.4, 0.5) is 0 Å². The molecule has 0 aromatic heterocycles. The zero-order valence-electron chi connectivity index (χ0n) is 17.8. The Balaban J connectivity index is 1.72. The van der Waals surface area contributed by atoms with Crippen LogP contribution >= 0.6 is 0 Å². The summed E-state index contributed by atoms with van der Waals surface area (Å²) in [6, 6.07) is 0. The Morgan fingerprint density at radius 1 is 0.588 bits per heavy atom. The van der Waals surface area contributed by atoms with Gasteiger partial charge in [-0.1, -0.05) is 0 Å². The van der Waals surface area contributed by atoms with E-state index >= 15 is 0 Å². The molecule has 0 bridgehead atoms. The average Bonchev–Trinajstić information content (AvgIpc) is 3.23. The number of aliphatic hydroxyl groups is 11. The SMILES string of the molecule is OC[C@H]1O[C@@](CO)(OC[C@H]2O[C@@](CO)(O[C@H]3O[C@H](CO)[C@@H](O)[C@H](O)[C@H]3O)[C@@H](O)[C@@H]2O)[C@@H](O)[C@@H]1O. The van der Waals surface area contributed by atoms with Crippen LogP contribution in [-0.4, -0.2) is 168 Å². The molecule has 3 saturated heterocycles. The van der Waals surface area contributed by atoms with Gasteiger partial charge in [-0.15, -0.1) is 0 Å². The van der Waals surface area contributed by atoms with Gasteiger partial charge >= 0.3 is 0 Å². The summed E-state index contributed by atoms with van der Waals surface area (Å²) in [5.74, 6) is -4.64. The summed E-state index contributed by atoms with van der Waals surface area (Å²) in [4.78, 5) is 0. The lowest BCUT2D eigenvalue weighted by molar-refractivity contribution is -0.385. The van der Waals surface area contributed by atoms with Crippen molar-refractivity contribution in [1.29, 1.82) is 0 Å². The van der Waals surface area contributed by atoms with Crippen molar-refractivity contribution < 1.29 is 79.9 Å². The Bertz CT molecular complexity index is 668. The van der Waals surface area contributed by atoms with Crippen molar-refractivity contribution in [3.63, 3.8) is 0 Å². The number of hydrogen-bond donors (Lipinski definition) is 11. The summed E-state index contributed by atoms with van der Waals surface area (Å²) in [6.07, 6.45) is -18.6. The van der Waals surface area contributed by atoms with Crippen LogP contribution in [0.5, 0.6) is 0 Å². The Labute approximate surface area is 192 Å². The van der Waals surface area contributed by atoms with Crippen molar-refractivity contribution in [3.8, 4) is 0 Å². The van der Waals surface area contributed by atoms with Crippen LogP contribution in [0.25, 0.3) is 0 Å². The summed E-state index contributed by atoms with van der Waals surface area (Å²) < 4.78 is 26.6. The highest BCUT2D eigenvalue weighted by atomic mass is 16.8. The average molecular weight is 504 g/mol. The standard InChI is InChI=1S/C18H32O16/c19-1-6-9(23)12(26)13(27)16(31-6)34-18(5-22)15(29)11(25)8(33-18)3-30-17(4-21)14(28)10(24)7(2-20)32-17/h6-16,19-29H,1-5H2/t6-,7-,8-,9-,10-,11-,12+,13-,14+,15+,16-,17-,18+/m1/s1. The number of aliphatic hydroxyl groups excluding tert-OH is 11. The first-order chi connectivity index (χ1) is 16.0. The molecule has 3 heterocycles. The van der Waals surface area contributed by atoms with Gasteiger partial charge in [0, 0.05) is 0 Å². The van der Waals surface area contributed by atoms with E-state index in [-0.39, 0.29) is 0 Å². The van der Waals surface area contributed by atoms with Crippen molar-refractivity contribution in [2.45, 2.75) is 78.9 Å². The monoisotopic (exact) mass is 504 g/mol. The van der Waals surface area contributed by atoms with Crippen LogP contribution in [0, 0.1) is 0 Å². The molecule has 11 N–H and O–H groups in total. The first-order valence-electron chi connectivity index (χ1n) is 10.5. The summed E-state index contributed by atoms with van der Waals surface area (Å²) in [7, 11) is 0. The van der Waals surface area contributed by atoms with E-state index in [9.17, 15) is 56.2 Å². The maximum absolute atomic E-state index is 10.5. The Morgan fingerprint density at radius 3 is 1.65 bits per heavy atom. The summed E-state index contributed by atoms with van der Waals surface area (Å²) in [5, 5.41) is 109. The van der Waals surface area contributed by atoms with Crippen molar-refractivity contribution in [3.05, 3.63) is 0 Å². The van der Waals surface area contributed by atoms with Crippen molar-refractivity contribution in [2.24, 2.45) is 0 Å². The minimum absolute atomic E-state index is 0.694. The van der Waals surface area contributed by atoms with Crippen LogP contribution in [0.3, 0.4) is 0 Å². The molecule has 3 aliphatic heterocycles. The molecule has 13 atom stereocenters. The molecule has 0 unspecified atom stereocenters. The van der Waals surface area contributed by atoms with Gasteiger partial charge in [0.2, 0.25) is 11.6 Å². The fourth-order valence-corrected chi connectivity index (χ4v) is 4.14. The molecular formula is C18H32O16. The molecule has 3 rings (SSSR count). The minimum atomic E-state index is -2.43. The van der Waals surface area contributed by atoms with Gasteiger partial charge in [-0.25, -0.2) is 0 Å². The maximum Gasteiger partial charge on any atom is 0.224 e. The van der Waals surface area contributed by atoms with Crippen LogP contribution < -0.4 is 0 Å². The third-order valence-electron chi connectivity index (χ3n) is 6.29. The van der Waals surface area contributed by atoms with Crippen LogP contribution in [0.1, 0.15) is 0 Å². The van der Waals surface area contributed by atoms with Gasteiger partial charge in [-0.3, -0.25) is 0 Å². The molecule has 0 amide bonds. The zero-order valence-corrected chi connectivity index (χ0v) is 17.8. The van der Waals surface area contributed by atoms with Crippen LogP contribution in [0.2, 0.25) is 0 Å². The summed E-state index contributed by atoms with van der Waals surface area (Å²) in [5.41, 5.74) is 0. The van der Waals surface area contributed by atoms with Crippen LogP contribution in [0.15, 0.2) is 0 Å². The van der Waals surface area contributed by atoms with Gasteiger partial charge in [0.15, 0.2) is 6.29 Å². The first kappa shape index (κ1) is 27.9.